The minimum atomic E-state index is -0.444. The molecule has 0 radical (unpaired) electrons. The number of methoxy groups -OCH3 is 1. The predicted molar refractivity (Wildman–Crippen MR) is 59.9 cm³/mol. The second kappa shape index (κ2) is 4.82. The van der Waals surface area contributed by atoms with Gasteiger partial charge in [-0.3, -0.25) is 9.59 Å². The molecule has 92 valence electrons. The smallest absolute Gasteiger partial charge is 0.307 e. The summed E-state index contributed by atoms with van der Waals surface area (Å²) in [5.41, 5.74) is -0.196. The standard InChI is InChI=1S/C11H20N2O3/c1-5-13-10(15)8(6-9(14)16-4)12-7-11(13,2)3/h8,12H,5-7H2,1-4H3. The molecule has 1 aliphatic heterocycles. The minimum absolute atomic E-state index is 0.0239. The van der Waals surface area contributed by atoms with Crippen LogP contribution in [-0.2, 0) is 14.3 Å². The highest BCUT2D eigenvalue weighted by molar-refractivity contribution is 5.87. The molecular formula is C11H20N2O3. The lowest BCUT2D eigenvalue weighted by Crippen LogP contribution is -2.65. The maximum atomic E-state index is 12.1. The number of nitrogens with one attached hydrogen (secondary N) is 1. The third-order valence-corrected chi connectivity index (χ3v) is 2.99. The van der Waals surface area contributed by atoms with Crippen molar-refractivity contribution in [2.24, 2.45) is 0 Å². The first kappa shape index (κ1) is 13.0. The molecule has 5 heteroatoms. The van der Waals surface area contributed by atoms with Gasteiger partial charge >= 0.3 is 5.97 Å². The first-order valence-corrected chi connectivity index (χ1v) is 5.54. The zero-order valence-electron chi connectivity index (χ0n) is 10.4. The lowest BCUT2D eigenvalue weighted by atomic mass is 9.96. The number of carbonyl (C=O) groups is 2. The number of piperazine rings is 1. The molecule has 0 aromatic rings. The van der Waals surface area contributed by atoms with Crippen LogP contribution in [0.2, 0.25) is 0 Å². The van der Waals surface area contributed by atoms with E-state index in [9.17, 15) is 9.59 Å². The Morgan fingerprint density at radius 2 is 2.25 bits per heavy atom. The van der Waals surface area contributed by atoms with Crippen LogP contribution in [0.5, 0.6) is 0 Å². The SMILES string of the molecule is CCN1C(=O)C(CC(=O)OC)NCC1(C)C. The molecule has 1 N–H and O–H groups in total. The van der Waals surface area contributed by atoms with Gasteiger partial charge in [-0.05, 0) is 20.8 Å². The Balaban J connectivity index is 2.72. The zero-order valence-corrected chi connectivity index (χ0v) is 10.4. The maximum Gasteiger partial charge on any atom is 0.307 e. The summed E-state index contributed by atoms with van der Waals surface area (Å²) >= 11 is 0. The van der Waals surface area contributed by atoms with E-state index < -0.39 is 6.04 Å². The molecule has 1 unspecified atom stereocenters. The van der Waals surface area contributed by atoms with E-state index in [1.807, 2.05) is 20.8 Å². The van der Waals surface area contributed by atoms with Crippen LogP contribution in [0.4, 0.5) is 0 Å². The fourth-order valence-electron chi connectivity index (χ4n) is 2.04. The van der Waals surface area contributed by atoms with Crippen molar-refractivity contribution in [3.63, 3.8) is 0 Å². The second-order valence-electron chi connectivity index (χ2n) is 4.61. The van der Waals surface area contributed by atoms with Crippen LogP contribution in [0.1, 0.15) is 27.2 Å². The van der Waals surface area contributed by atoms with Gasteiger partial charge in [0.25, 0.3) is 0 Å². The van der Waals surface area contributed by atoms with Crippen molar-refractivity contribution in [3.8, 4) is 0 Å². The molecule has 0 aromatic heterocycles. The summed E-state index contributed by atoms with van der Waals surface area (Å²) in [6.45, 7) is 7.31. The Morgan fingerprint density at radius 3 is 2.75 bits per heavy atom. The Hall–Kier alpha value is -1.10. The third kappa shape index (κ3) is 2.52. The molecule has 1 saturated heterocycles. The number of amides is 1. The van der Waals surface area contributed by atoms with Gasteiger partial charge in [0.2, 0.25) is 5.91 Å². The van der Waals surface area contributed by atoms with Crippen molar-refractivity contribution in [1.82, 2.24) is 10.2 Å². The van der Waals surface area contributed by atoms with Gasteiger partial charge in [0, 0.05) is 18.6 Å². The van der Waals surface area contributed by atoms with Gasteiger partial charge < -0.3 is 15.0 Å². The summed E-state index contributed by atoms with van der Waals surface area (Å²) < 4.78 is 4.57. The van der Waals surface area contributed by atoms with E-state index in [-0.39, 0.29) is 23.8 Å². The summed E-state index contributed by atoms with van der Waals surface area (Å²) in [5, 5.41) is 3.10. The number of likely N-dealkylation sites (N-methyl/N-ethyl adjacent to an activating group) is 1. The number of carbonyl (C=O) groups excluding carboxylic acids is 2. The van der Waals surface area contributed by atoms with E-state index in [2.05, 4.69) is 10.1 Å². The van der Waals surface area contributed by atoms with E-state index in [0.717, 1.165) is 0 Å². The predicted octanol–water partition coefficient (Wildman–Crippen LogP) is 0.148. The van der Waals surface area contributed by atoms with Gasteiger partial charge in [-0.1, -0.05) is 0 Å². The first-order valence-electron chi connectivity index (χ1n) is 5.54. The number of hydrogen-bond acceptors (Lipinski definition) is 4. The Bertz CT molecular complexity index is 289. The van der Waals surface area contributed by atoms with Gasteiger partial charge in [0.05, 0.1) is 19.6 Å². The van der Waals surface area contributed by atoms with Crippen LogP contribution in [0.15, 0.2) is 0 Å². The quantitative estimate of drug-likeness (QED) is 0.698. The van der Waals surface area contributed by atoms with Crippen LogP contribution in [0.25, 0.3) is 0 Å². The van der Waals surface area contributed by atoms with Crippen molar-refractivity contribution < 1.29 is 14.3 Å². The number of esters is 1. The fraction of sp³-hybridized carbons (Fsp3) is 0.818. The number of nitrogens with zero attached hydrogens (tertiary/aromatic N) is 1. The van der Waals surface area contributed by atoms with Crippen LogP contribution in [0, 0.1) is 0 Å². The summed E-state index contributed by atoms with van der Waals surface area (Å²) in [6, 6.07) is -0.444. The molecular weight excluding hydrogens is 208 g/mol. The Labute approximate surface area is 96.1 Å². The van der Waals surface area contributed by atoms with E-state index in [4.69, 9.17) is 0 Å². The van der Waals surface area contributed by atoms with E-state index in [1.165, 1.54) is 7.11 Å². The molecule has 5 nitrogen and oxygen atoms in total. The molecule has 1 rings (SSSR count). The highest BCUT2D eigenvalue weighted by Gasteiger charge is 2.39. The normalized spacial score (nSPS) is 24.4. The third-order valence-electron chi connectivity index (χ3n) is 2.99. The molecule has 1 heterocycles. The van der Waals surface area contributed by atoms with Crippen molar-refractivity contribution in [2.75, 3.05) is 20.2 Å². The van der Waals surface area contributed by atoms with Gasteiger partial charge in [-0.15, -0.1) is 0 Å². The molecule has 0 spiro atoms. The zero-order chi connectivity index (χ0) is 12.3. The summed E-state index contributed by atoms with van der Waals surface area (Å²) in [6.07, 6.45) is 0.0991. The monoisotopic (exact) mass is 228 g/mol. The maximum absolute atomic E-state index is 12.1. The van der Waals surface area contributed by atoms with Crippen LogP contribution >= 0.6 is 0 Å². The number of hydrogen-bond donors (Lipinski definition) is 1. The van der Waals surface area contributed by atoms with Crippen molar-refractivity contribution in [1.29, 1.82) is 0 Å². The lowest BCUT2D eigenvalue weighted by molar-refractivity contribution is -0.149. The first-order chi connectivity index (χ1) is 7.42. The minimum Gasteiger partial charge on any atom is -0.469 e. The molecule has 16 heavy (non-hydrogen) atoms. The van der Waals surface area contributed by atoms with Gasteiger partial charge in [-0.2, -0.15) is 0 Å². The van der Waals surface area contributed by atoms with Gasteiger partial charge in [0.1, 0.15) is 0 Å². The number of rotatable bonds is 3. The highest BCUT2D eigenvalue weighted by Crippen LogP contribution is 2.20. The topological polar surface area (TPSA) is 58.6 Å². The molecule has 1 amide bonds. The van der Waals surface area contributed by atoms with Crippen LogP contribution < -0.4 is 5.32 Å². The second-order valence-corrected chi connectivity index (χ2v) is 4.61. The summed E-state index contributed by atoms with van der Waals surface area (Å²) in [5.74, 6) is -0.384. The molecule has 0 aliphatic carbocycles. The van der Waals surface area contributed by atoms with E-state index in [0.29, 0.717) is 13.1 Å². The van der Waals surface area contributed by atoms with Crippen LogP contribution in [-0.4, -0.2) is 48.6 Å². The molecule has 1 atom stereocenters. The van der Waals surface area contributed by atoms with Gasteiger partial charge in [0.15, 0.2) is 0 Å². The Kier molecular flexibility index (Phi) is 3.91. The van der Waals surface area contributed by atoms with Crippen LogP contribution in [0.3, 0.4) is 0 Å². The molecule has 1 fully saturated rings. The highest BCUT2D eigenvalue weighted by atomic mass is 16.5. The fourth-order valence-corrected chi connectivity index (χ4v) is 2.04. The average Bonchev–Trinajstić information content (AvgIpc) is 2.22. The van der Waals surface area contributed by atoms with E-state index in [1.54, 1.807) is 4.90 Å². The Morgan fingerprint density at radius 1 is 1.62 bits per heavy atom. The molecule has 0 aromatic carbocycles. The lowest BCUT2D eigenvalue weighted by Gasteiger charge is -2.45. The van der Waals surface area contributed by atoms with Crippen molar-refractivity contribution in [2.45, 2.75) is 38.8 Å². The van der Waals surface area contributed by atoms with Gasteiger partial charge in [-0.25, -0.2) is 0 Å². The largest absolute Gasteiger partial charge is 0.469 e. The van der Waals surface area contributed by atoms with Crippen molar-refractivity contribution >= 4 is 11.9 Å². The summed E-state index contributed by atoms with van der Waals surface area (Å²) in [7, 11) is 1.33. The average molecular weight is 228 g/mol. The molecule has 1 aliphatic rings. The molecule has 0 saturated carbocycles. The van der Waals surface area contributed by atoms with Crippen molar-refractivity contribution in [3.05, 3.63) is 0 Å². The number of ether oxygens (including phenoxy) is 1. The summed E-state index contributed by atoms with van der Waals surface area (Å²) in [4.78, 5) is 25.0. The molecule has 0 bridgehead atoms. The van der Waals surface area contributed by atoms with E-state index >= 15 is 0 Å².